The van der Waals surface area contributed by atoms with Crippen LogP contribution in [-0.4, -0.2) is 53.2 Å². The van der Waals surface area contributed by atoms with Crippen LogP contribution in [0.25, 0.3) is 10.9 Å². The van der Waals surface area contributed by atoms with Gasteiger partial charge in [0.1, 0.15) is 0 Å². The molecule has 0 bridgehead atoms. The summed E-state index contributed by atoms with van der Waals surface area (Å²) in [5, 5.41) is 12.7. The Kier molecular flexibility index (Phi) is 4.33. The molecule has 2 aromatic rings. The van der Waals surface area contributed by atoms with Crippen LogP contribution in [0.15, 0.2) is 24.5 Å². The summed E-state index contributed by atoms with van der Waals surface area (Å²) >= 11 is 6.54. The lowest BCUT2D eigenvalue weighted by atomic mass is 10.0. The Bertz CT molecular complexity index is 806. The van der Waals surface area contributed by atoms with Crippen molar-refractivity contribution in [2.45, 2.75) is 25.5 Å². The highest BCUT2D eigenvalue weighted by atomic mass is 35.5. The molecule has 0 radical (unpaired) electrons. The molecule has 1 aromatic heterocycles. The van der Waals surface area contributed by atoms with Gasteiger partial charge in [0.2, 0.25) is 0 Å². The number of hydrogen-bond acceptors (Lipinski definition) is 6. The van der Waals surface area contributed by atoms with E-state index in [0.29, 0.717) is 11.6 Å². The fraction of sp³-hybridized carbons (Fsp3) is 0.471. The van der Waals surface area contributed by atoms with Crippen molar-refractivity contribution in [2.24, 2.45) is 5.84 Å². The van der Waals surface area contributed by atoms with Gasteiger partial charge in [-0.15, -0.1) is 0 Å². The average Bonchev–Trinajstić information content (AvgIpc) is 3.34. The molecule has 25 heavy (non-hydrogen) atoms. The smallest absolute Gasteiger partial charge is 0.0902 e. The second kappa shape index (κ2) is 6.49. The minimum Gasteiger partial charge on any atom is -0.380 e. The summed E-state index contributed by atoms with van der Waals surface area (Å²) in [5.41, 5.74) is 3.23. The van der Waals surface area contributed by atoms with E-state index < -0.39 is 0 Å². The highest BCUT2D eigenvalue weighted by molar-refractivity contribution is 6.36. The monoisotopic (exact) mass is 362 g/mol. The van der Waals surface area contributed by atoms with Crippen molar-refractivity contribution >= 4 is 28.2 Å². The second-order valence-electron chi connectivity index (χ2n) is 6.61. The zero-order valence-corrected chi connectivity index (χ0v) is 15.2. The topological polar surface area (TPSA) is 73.7 Å². The van der Waals surface area contributed by atoms with Crippen LogP contribution in [0.5, 0.6) is 0 Å². The Labute approximate surface area is 151 Å². The van der Waals surface area contributed by atoms with E-state index in [-0.39, 0.29) is 12.1 Å². The maximum atomic E-state index is 6.54. The minimum atomic E-state index is 0.0468. The molecule has 0 amide bonds. The Morgan fingerprint density at radius 2 is 2.32 bits per heavy atom. The van der Waals surface area contributed by atoms with Crippen molar-refractivity contribution in [1.29, 1.82) is 0 Å². The van der Waals surface area contributed by atoms with E-state index in [9.17, 15) is 0 Å². The van der Waals surface area contributed by atoms with Crippen molar-refractivity contribution < 1.29 is 4.74 Å². The van der Waals surface area contributed by atoms with Crippen LogP contribution in [-0.2, 0) is 4.74 Å². The molecule has 0 spiro atoms. The van der Waals surface area contributed by atoms with Gasteiger partial charge >= 0.3 is 0 Å². The predicted octanol–water partition coefficient (Wildman–Crippen LogP) is 2.42. The molecular formula is C17H23ClN6O. The lowest BCUT2D eigenvalue weighted by molar-refractivity contribution is 0.0159. The molecule has 1 fully saturated rings. The number of rotatable bonds is 4. The summed E-state index contributed by atoms with van der Waals surface area (Å²) in [7, 11) is 1.77. The lowest BCUT2D eigenvalue weighted by Gasteiger charge is -2.34. The van der Waals surface area contributed by atoms with E-state index in [0.717, 1.165) is 41.7 Å². The van der Waals surface area contributed by atoms with Gasteiger partial charge in [-0.25, -0.2) is 0 Å². The molecule has 3 heterocycles. The number of hydrogen-bond donors (Lipinski definition) is 2. The van der Waals surface area contributed by atoms with Gasteiger partial charge < -0.3 is 9.64 Å². The quantitative estimate of drug-likeness (QED) is 0.814. The zero-order valence-electron chi connectivity index (χ0n) is 14.4. The summed E-state index contributed by atoms with van der Waals surface area (Å²) in [6.45, 7) is 4.64. The number of nitrogens with zero attached hydrogens (tertiary/aromatic N) is 4. The highest BCUT2D eigenvalue weighted by Crippen LogP contribution is 2.41. The summed E-state index contributed by atoms with van der Waals surface area (Å²) in [6.07, 6.45) is 7.10. The Morgan fingerprint density at radius 1 is 1.48 bits per heavy atom. The third kappa shape index (κ3) is 2.77. The first-order valence-corrected chi connectivity index (χ1v) is 8.88. The molecule has 0 aliphatic carbocycles. The molecule has 8 heteroatoms. The van der Waals surface area contributed by atoms with E-state index in [4.69, 9.17) is 22.2 Å². The summed E-state index contributed by atoms with van der Waals surface area (Å²) in [6, 6.07) is 2.09. The maximum Gasteiger partial charge on any atom is 0.0902 e. The molecule has 134 valence electrons. The van der Waals surface area contributed by atoms with E-state index in [1.54, 1.807) is 18.4 Å². The second-order valence-corrected chi connectivity index (χ2v) is 7.02. The van der Waals surface area contributed by atoms with Crippen LogP contribution < -0.4 is 10.7 Å². The fourth-order valence-electron chi connectivity index (χ4n) is 3.79. The first kappa shape index (κ1) is 16.7. The minimum absolute atomic E-state index is 0.0468. The van der Waals surface area contributed by atoms with Gasteiger partial charge in [0.15, 0.2) is 0 Å². The number of fused-ring (bicyclic) bond motifs is 1. The van der Waals surface area contributed by atoms with Gasteiger partial charge in [-0.3, -0.25) is 16.0 Å². The number of aromatic amines is 1. The van der Waals surface area contributed by atoms with Gasteiger partial charge in [-0.2, -0.15) is 10.2 Å². The molecular weight excluding hydrogens is 340 g/mol. The average molecular weight is 363 g/mol. The normalized spacial score (nSPS) is 22.5. The van der Waals surface area contributed by atoms with Gasteiger partial charge in [-0.1, -0.05) is 11.6 Å². The number of halogens is 1. The SMILES string of the molecule is COC1CCN(c2c(C(C)N3C=CCN3N)cc(Cl)c3cn[nH]c23)C1. The van der Waals surface area contributed by atoms with E-state index in [1.807, 2.05) is 23.4 Å². The Morgan fingerprint density at radius 3 is 3.00 bits per heavy atom. The number of nitrogens with one attached hydrogen (secondary N) is 1. The Hall–Kier alpha value is -1.80. The van der Waals surface area contributed by atoms with Gasteiger partial charge in [0.05, 0.1) is 41.1 Å². The Balaban J connectivity index is 1.82. The standard InChI is InChI=1S/C17H23ClN6O/c1-11(23-5-3-6-24(23)19)13-8-15(18)14-9-20-21-16(14)17(13)22-7-4-12(10-22)25-2/h3,5,8-9,11-12H,4,6-7,10,19H2,1-2H3,(H,20,21). The van der Waals surface area contributed by atoms with Crippen LogP contribution in [0.2, 0.25) is 5.02 Å². The van der Waals surface area contributed by atoms with E-state index in [1.165, 1.54) is 0 Å². The highest BCUT2D eigenvalue weighted by Gasteiger charge is 2.31. The van der Waals surface area contributed by atoms with Crippen molar-refractivity contribution in [3.8, 4) is 0 Å². The molecule has 1 saturated heterocycles. The maximum absolute atomic E-state index is 6.54. The third-order valence-electron chi connectivity index (χ3n) is 5.18. The van der Waals surface area contributed by atoms with Crippen LogP contribution >= 0.6 is 11.6 Å². The van der Waals surface area contributed by atoms with Crippen LogP contribution in [0.3, 0.4) is 0 Å². The molecule has 1 aromatic carbocycles. The zero-order chi connectivity index (χ0) is 17.6. The molecule has 2 unspecified atom stereocenters. The fourth-order valence-corrected chi connectivity index (χ4v) is 4.06. The number of nitrogens with two attached hydrogens (primary N) is 1. The number of methoxy groups -OCH3 is 1. The third-order valence-corrected chi connectivity index (χ3v) is 5.49. The van der Waals surface area contributed by atoms with Crippen LogP contribution in [0, 0.1) is 0 Å². The molecule has 4 rings (SSSR count). The summed E-state index contributed by atoms with van der Waals surface area (Å²) in [5.74, 6) is 6.11. The van der Waals surface area contributed by atoms with Gasteiger partial charge in [0.25, 0.3) is 0 Å². The lowest BCUT2D eigenvalue weighted by Crippen LogP contribution is -2.42. The number of ether oxygens (including phenoxy) is 1. The molecule has 2 atom stereocenters. The molecule has 7 nitrogen and oxygen atoms in total. The number of hydrazine groups is 2. The van der Waals surface area contributed by atoms with Gasteiger partial charge in [0, 0.05) is 37.3 Å². The van der Waals surface area contributed by atoms with Crippen molar-refractivity contribution in [1.82, 2.24) is 20.3 Å². The summed E-state index contributed by atoms with van der Waals surface area (Å²) in [4.78, 5) is 2.36. The number of H-pyrrole nitrogens is 1. The largest absolute Gasteiger partial charge is 0.380 e. The van der Waals surface area contributed by atoms with Gasteiger partial charge in [-0.05, 0) is 25.5 Å². The number of benzene rings is 1. The number of anilines is 1. The summed E-state index contributed by atoms with van der Waals surface area (Å²) < 4.78 is 5.55. The molecule has 3 N–H and O–H groups in total. The van der Waals surface area contributed by atoms with Crippen molar-refractivity contribution in [3.63, 3.8) is 0 Å². The van der Waals surface area contributed by atoms with Crippen molar-refractivity contribution in [3.05, 3.63) is 35.1 Å². The molecule has 2 aliphatic heterocycles. The van der Waals surface area contributed by atoms with Crippen LogP contribution in [0.4, 0.5) is 5.69 Å². The predicted molar refractivity (Wildman–Crippen MR) is 99.0 cm³/mol. The van der Waals surface area contributed by atoms with Crippen LogP contribution in [0.1, 0.15) is 24.9 Å². The van der Waals surface area contributed by atoms with E-state index in [2.05, 4.69) is 22.0 Å². The number of aromatic nitrogens is 2. The molecule has 0 saturated carbocycles. The first-order valence-electron chi connectivity index (χ1n) is 8.50. The molecule has 2 aliphatic rings. The van der Waals surface area contributed by atoms with E-state index >= 15 is 0 Å². The van der Waals surface area contributed by atoms with Crippen molar-refractivity contribution in [2.75, 3.05) is 31.6 Å². The first-order chi connectivity index (χ1) is 12.1.